The van der Waals surface area contributed by atoms with Crippen LogP contribution in [0.15, 0.2) is 12.2 Å². The Balaban J connectivity index is 4.72. The van der Waals surface area contributed by atoms with Gasteiger partial charge in [-0.1, -0.05) is 12.2 Å². The van der Waals surface area contributed by atoms with Gasteiger partial charge in [0.15, 0.2) is 5.78 Å². The lowest BCUT2D eigenvalue weighted by Crippen LogP contribution is -2.45. The zero-order chi connectivity index (χ0) is 10.5. The number of Topliss-reactive ketones (excluding diaryl/α,β-unsaturated/α-hetero) is 1. The molecule has 13 heavy (non-hydrogen) atoms. The molecule has 0 amide bonds. The molecule has 4 nitrogen and oxygen atoms in total. The van der Waals surface area contributed by atoms with E-state index in [1.165, 1.54) is 0 Å². The molecule has 0 aromatic rings. The molecule has 0 unspecified atom stereocenters. The van der Waals surface area contributed by atoms with Crippen LogP contribution in [0.3, 0.4) is 0 Å². The van der Waals surface area contributed by atoms with E-state index in [9.17, 15) is 14.7 Å². The van der Waals surface area contributed by atoms with Gasteiger partial charge in [0, 0.05) is 6.42 Å². The zero-order valence-corrected chi connectivity index (χ0v) is 8.03. The van der Waals surface area contributed by atoms with Crippen LogP contribution in [0.1, 0.15) is 20.3 Å². The molecule has 0 bridgehead atoms. The van der Waals surface area contributed by atoms with E-state index in [0.29, 0.717) is 0 Å². The maximum absolute atomic E-state index is 11.1. The fourth-order valence-electron chi connectivity index (χ4n) is 0.828. The molecule has 1 atom stereocenters. The van der Waals surface area contributed by atoms with Crippen LogP contribution in [0.4, 0.5) is 0 Å². The predicted octanol–water partition coefficient (Wildman–Crippen LogP) is 0.446. The highest BCUT2D eigenvalue weighted by Gasteiger charge is 2.41. The minimum Gasteiger partial charge on any atom is -0.467 e. The topological polar surface area (TPSA) is 63.6 Å². The van der Waals surface area contributed by atoms with Gasteiger partial charge in [-0.25, -0.2) is 4.79 Å². The Hall–Kier alpha value is -1.16. The monoisotopic (exact) mass is 186 g/mol. The Labute approximate surface area is 77.2 Å². The number of aliphatic hydroxyl groups is 1. The molecular formula is C9H14O4. The van der Waals surface area contributed by atoms with E-state index < -0.39 is 17.4 Å². The summed E-state index contributed by atoms with van der Waals surface area (Å²) in [6.07, 6.45) is 3.14. The summed E-state index contributed by atoms with van der Waals surface area (Å²) in [5.74, 6) is -1.53. The van der Waals surface area contributed by atoms with E-state index in [4.69, 9.17) is 0 Å². The summed E-state index contributed by atoms with van der Waals surface area (Å²) in [5, 5.41) is 9.61. The lowest BCUT2D eigenvalue weighted by atomic mass is 9.95. The van der Waals surface area contributed by atoms with Gasteiger partial charge in [0.1, 0.15) is 0 Å². The van der Waals surface area contributed by atoms with Crippen molar-refractivity contribution < 1.29 is 19.4 Å². The van der Waals surface area contributed by atoms with Gasteiger partial charge in [0.25, 0.3) is 0 Å². The second kappa shape index (κ2) is 4.77. The average Bonchev–Trinajstić information content (AvgIpc) is 2.12. The molecule has 0 aliphatic heterocycles. The number of allylic oxidation sites excluding steroid dienone is 1. The Kier molecular flexibility index (Phi) is 4.34. The van der Waals surface area contributed by atoms with E-state index in [1.807, 2.05) is 0 Å². The smallest absolute Gasteiger partial charge is 0.346 e. The number of ketones is 1. The lowest BCUT2D eigenvalue weighted by Gasteiger charge is -2.20. The van der Waals surface area contributed by atoms with Crippen LogP contribution in [0.2, 0.25) is 0 Å². The maximum atomic E-state index is 11.1. The van der Waals surface area contributed by atoms with E-state index in [-0.39, 0.29) is 6.42 Å². The molecule has 0 saturated heterocycles. The van der Waals surface area contributed by atoms with Gasteiger partial charge in [0.2, 0.25) is 5.60 Å². The Bertz CT molecular complexity index is 232. The normalized spacial score (nSPS) is 15.4. The summed E-state index contributed by atoms with van der Waals surface area (Å²) in [5.41, 5.74) is -2.03. The SMILES string of the molecule is CC=CC[C@](O)(C(C)=O)C(=O)OC. The molecule has 1 N–H and O–H groups in total. The number of carbonyl (C=O) groups is 2. The first-order chi connectivity index (χ1) is 5.99. The third kappa shape index (κ3) is 2.66. The van der Waals surface area contributed by atoms with Crippen molar-refractivity contribution in [3.8, 4) is 0 Å². The number of hydrogen-bond donors (Lipinski definition) is 1. The lowest BCUT2D eigenvalue weighted by molar-refractivity contribution is -0.167. The van der Waals surface area contributed by atoms with Crippen molar-refractivity contribution >= 4 is 11.8 Å². The highest BCUT2D eigenvalue weighted by molar-refractivity contribution is 6.05. The highest BCUT2D eigenvalue weighted by Crippen LogP contribution is 2.14. The quantitative estimate of drug-likeness (QED) is 0.393. The van der Waals surface area contributed by atoms with E-state index in [0.717, 1.165) is 14.0 Å². The first kappa shape index (κ1) is 11.8. The molecule has 0 aromatic heterocycles. The van der Waals surface area contributed by atoms with E-state index in [2.05, 4.69) is 4.74 Å². The van der Waals surface area contributed by atoms with E-state index >= 15 is 0 Å². The van der Waals surface area contributed by atoms with Crippen molar-refractivity contribution in [2.24, 2.45) is 0 Å². The summed E-state index contributed by atoms with van der Waals surface area (Å²) >= 11 is 0. The van der Waals surface area contributed by atoms with Gasteiger partial charge < -0.3 is 9.84 Å². The van der Waals surface area contributed by atoms with Gasteiger partial charge in [0.05, 0.1) is 7.11 Å². The molecule has 4 heteroatoms. The summed E-state index contributed by atoms with van der Waals surface area (Å²) in [4.78, 5) is 22.0. The Morgan fingerprint density at radius 2 is 2.08 bits per heavy atom. The largest absolute Gasteiger partial charge is 0.467 e. The molecule has 0 radical (unpaired) electrons. The minimum atomic E-state index is -2.03. The van der Waals surface area contributed by atoms with Gasteiger partial charge in [-0.2, -0.15) is 0 Å². The average molecular weight is 186 g/mol. The number of esters is 1. The molecular weight excluding hydrogens is 172 g/mol. The number of ether oxygens (including phenoxy) is 1. The molecule has 0 saturated carbocycles. The van der Waals surface area contributed by atoms with Crippen molar-refractivity contribution in [1.29, 1.82) is 0 Å². The summed E-state index contributed by atoms with van der Waals surface area (Å²) in [6.45, 7) is 2.89. The number of hydrogen-bond acceptors (Lipinski definition) is 4. The summed E-state index contributed by atoms with van der Waals surface area (Å²) < 4.78 is 4.33. The number of carbonyl (C=O) groups excluding carboxylic acids is 2. The molecule has 0 spiro atoms. The van der Waals surface area contributed by atoms with Crippen LogP contribution in [-0.4, -0.2) is 29.6 Å². The molecule has 0 heterocycles. The number of rotatable bonds is 4. The molecule has 0 aromatic carbocycles. The number of methoxy groups -OCH3 is 1. The van der Waals surface area contributed by atoms with Crippen molar-refractivity contribution in [1.82, 2.24) is 0 Å². The van der Waals surface area contributed by atoms with Crippen molar-refractivity contribution in [2.75, 3.05) is 7.11 Å². The fraction of sp³-hybridized carbons (Fsp3) is 0.556. The van der Waals surface area contributed by atoms with Gasteiger partial charge in [-0.3, -0.25) is 4.79 Å². The third-order valence-electron chi connectivity index (χ3n) is 1.75. The van der Waals surface area contributed by atoms with Crippen LogP contribution in [-0.2, 0) is 14.3 Å². The summed E-state index contributed by atoms with van der Waals surface area (Å²) in [6, 6.07) is 0. The van der Waals surface area contributed by atoms with Crippen LogP contribution in [0.25, 0.3) is 0 Å². The Morgan fingerprint density at radius 3 is 2.38 bits per heavy atom. The van der Waals surface area contributed by atoms with Crippen LogP contribution in [0, 0.1) is 0 Å². The van der Waals surface area contributed by atoms with Crippen molar-refractivity contribution in [3.63, 3.8) is 0 Å². The van der Waals surface area contributed by atoms with Crippen LogP contribution in [0.5, 0.6) is 0 Å². The first-order valence-corrected chi connectivity index (χ1v) is 3.92. The molecule has 0 aliphatic carbocycles. The summed E-state index contributed by atoms with van der Waals surface area (Å²) in [7, 11) is 1.13. The van der Waals surface area contributed by atoms with Gasteiger partial charge >= 0.3 is 5.97 Å². The zero-order valence-electron chi connectivity index (χ0n) is 8.03. The predicted molar refractivity (Wildman–Crippen MR) is 47.1 cm³/mol. The first-order valence-electron chi connectivity index (χ1n) is 3.92. The van der Waals surface area contributed by atoms with Gasteiger partial charge in [-0.15, -0.1) is 0 Å². The standard InChI is InChI=1S/C9H14O4/c1-4-5-6-9(12,7(2)10)8(11)13-3/h4-5,12H,6H2,1-3H3/t9-/m0/s1. The van der Waals surface area contributed by atoms with E-state index in [1.54, 1.807) is 19.1 Å². The highest BCUT2D eigenvalue weighted by atomic mass is 16.5. The van der Waals surface area contributed by atoms with Crippen molar-refractivity contribution in [2.45, 2.75) is 25.9 Å². The second-order valence-corrected chi connectivity index (χ2v) is 2.68. The molecule has 0 rings (SSSR count). The second-order valence-electron chi connectivity index (χ2n) is 2.68. The fourth-order valence-corrected chi connectivity index (χ4v) is 0.828. The maximum Gasteiger partial charge on any atom is 0.346 e. The Morgan fingerprint density at radius 1 is 1.54 bits per heavy atom. The minimum absolute atomic E-state index is 0.0501. The van der Waals surface area contributed by atoms with Crippen molar-refractivity contribution in [3.05, 3.63) is 12.2 Å². The van der Waals surface area contributed by atoms with Gasteiger partial charge in [-0.05, 0) is 13.8 Å². The molecule has 0 aliphatic rings. The molecule has 74 valence electrons. The third-order valence-corrected chi connectivity index (χ3v) is 1.75. The van der Waals surface area contributed by atoms with Crippen LogP contribution < -0.4 is 0 Å². The van der Waals surface area contributed by atoms with Crippen LogP contribution >= 0.6 is 0 Å². The molecule has 0 fully saturated rings.